The van der Waals surface area contributed by atoms with Crippen molar-refractivity contribution in [2.24, 2.45) is 5.92 Å². The number of hydrogen-bond donors (Lipinski definition) is 1. The largest absolute Gasteiger partial charge is 0.371 e. The summed E-state index contributed by atoms with van der Waals surface area (Å²) in [4.78, 5) is 23.4. The van der Waals surface area contributed by atoms with Crippen LogP contribution in [0.2, 0.25) is 0 Å². The standard InChI is InChI=1S/C21H21BrN4OS/c22-17-4-1-5-19(9-17)26-8-6-15(13-26)11-24-20(27)10-18-14-28-21(25-18)16-3-2-7-23-12-16/h1-5,7,9,12,14-15H,6,8,10-11,13H2,(H,24,27). The van der Waals surface area contributed by atoms with Gasteiger partial charge in [-0.3, -0.25) is 9.78 Å². The van der Waals surface area contributed by atoms with E-state index >= 15 is 0 Å². The molecule has 1 amide bonds. The summed E-state index contributed by atoms with van der Waals surface area (Å²) in [5, 5.41) is 5.93. The fourth-order valence-corrected chi connectivity index (χ4v) is 4.60. The van der Waals surface area contributed by atoms with E-state index in [2.05, 4.69) is 54.3 Å². The summed E-state index contributed by atoms with van der Waals surface area (Å²) in [6.45, 7) is 2.71. The van der Waals surface area contributed by atoms with Crippen LogP contribution in [0.3, 0.4) is 0 Å². The number of anilines is 1. The van der Waals surface area contributed by atoms with Crippen molar-refractivity contribution in [3.05, 3.63) is 64.3 Å². The molecule has 3 aromatic rings. The van der Waals surface area contributed by atoms with Gasteiger partial charge >= 0.3 is 0 Å². The quantitative estimate of drug-likeness (QED) is 0.604. The third-order valence-corrected chi connectivity index (χ3v) is 6.28. The van der Waals surface area contributed by atoms with E-state index in [-0.39, 0.29) is 5.91 Å². The first-order valence-electron chi connectivity index (χ1n) is 9.29. The topological polar surface area (TPSA) is 58.1 Å². The second kappa shape index (κ2) is 8.84. The van der Waals surface area contributed by atoms with Gasteiger partial charge in [0.2, 0.25) is 5.91 Å². The van der Waals surface area contributed by atoms with E-state index in [1.54, 1.807) is 23.7 Å². The summed E-state index contributed by atoms with van der Waals surface area (Å²) in [7, 11) is 0. The third kappa shape index (κ3) is 4.77. The molecule has 28 heavy (non-hydrogen) atoms. The minimum absolute atomic E-state index is 0.0314. The molecule has 1 aliphatic rings. The summed E-state index contributed by atoms with van der Waals surface area (Å²) in [6.07, 6.45) is 4.94. The highest BCUT2D eigenvalue weighted by Crippen LogP contribution is 2.26. The predicted molar refractivity (Wildman–Crippen MR) is 117 cm³/mol. The third-order valence-electron chi connectivity index (χ3n) is 4.85. The summed E-state index contributed by atoms with van der Waals surface area (Å²) in [5.74, 6) is 0.508. The van der Waals surface area contributed by atoms with Gasteiger partial charge in [0.15, 0.2) is 0 Å². The molecule has 0 radical (unpaired) electrons. The van der Waals surface area contributed by atoms with Crippen molar-refractivity contribution in [3.63, 3.8) is 0 Å². The van der Waals surface area contributed by atoms with E-state index < -0.39 is 0 Å². The van der Waals surface area contributed by atoms with Crippen LogP contribution < -0.4 is 10.2 Å². The lowest BCUT2D eigenvalue weighted by atomic mass is 10.1. The van der Waals surface area contributed by atoms with Gasteiger partial charge in [0.25, 0.3) is 0 Å². The van der Waals surface area contributed by atoms with E-state index in [0.29, 0.717) is 18.9 Å². The van der Waals surface area contributed by atoms with Gasteiger partial charge in [-0.05, 0) is 42.7 Å². The van der Waals surface area contributed by atoms with Crippen molar-refractivity contribution in [1.82, 2.24) is 15.3 Å². The molecule has 0 spiro atoms. The zero-order chi connectivity index (χ0) is 19.3. The summed E-state index contributed by atoms with van der Waals surface area (Å²) in [6, 6.07) is 12.2. The first-order chi connectivity index (χ1) is 13.7. The van der Waals surface area contributed by atoms with Gasteiger partial charge < -0.3 is 10.2 Å². The van der Waals surface area contributed by atoms with Gasteiger partial charge in [-0.15, -0.1) is 11.3 Å². The number of thiazole rings is 1. The number of rotatable bonds is 6. The van der Waals surface area contributed by atoms with Crippen LogP contribution >= 0.6 is 27.3 Å². The molecule has 0 aliphatic carbocycles. The van der Waals surface area contributed by atoms with Gasteiger partial charge in [0.05, 0.1) is 12.1 Å². The highest BCUT2D eigenvalue weighted by atomic mass is 79.9. The Morgan fingerprint density at radius 1 is 1.32 bits per heavy atom. The number of amides is 1. The number of nitrogens with zero attached hydrogens (tertiary/aromatic N) is 3. The average molecular weight is 457 g/mol. The smallest absolute Gasteiger partial charge is 0.226 e. The Kier molecular flexibility index (Phi) is 6.02. The number of hydrogen-bond acceptors (Lipinski definition) is 5. The number of carbonyl (C=O) groups is 1. The zero-order valence-electron chi connectivity index (χ0n) is 15.3. The lowest BCUT2D eigenvalue weighted by Crippen LogP contribution is -2.32. The number of aromatic nitrogens is 2. The molecule has 4 rings (SSSR count). The van der Waals surface area contributed by atoms with Gasteiger partial charge in [-0.25, -0.2) is 4.98 Å². The van der Waals surface area contributed by atoms with Crippen molar-refractivity contribution in [2.75, 3.05) is 24.5 Å². The molecule has 1 unspecified atom stereocenters. The van der Waals surface area contributed by atoms with Gasteiger partial charge in [-0.2, -0.15) is 0 Å². The maximum Gasteiger partial charge on any atom is 0.226 e. The van der Waals surface area contributed by atoms with Crippen molar-refractivity contribution in [3.8, 4) is 10.6 Å². The van der Waals surface area contributed by atoms with Crippen LogP contribution in [0.4, 0.5) is 5.69 Å². The Labute approximate surface area is 177 Å². The van der Waals surface area contributed by atoms with E-state index in [0.717, 1.165) is 40.2 Å². The molecule has 1 atom stereocenters. The van der Waals surface area contributed by atoms with Gasteiger partial charge in [0, 0.05) is 53.1 Å². The Morgan fingerprint density at radius 3 is 3.07 bits per heavy atom. The lowest BCUT2D eigenvalue weighted by molar-refractivity contribution is -0.120. The molecule has 144 valence electrons. The molecule has 2 aromatic heterocycles. The monoisotopic (exact) mass is 456 g/mol. The minimum atomic E-state index is 0.0314. The molecule has 1 saturated heterocycles. The van der Waals surface area contributed by atoms with Gasteiger partial charge in [0.1, 0.15) is 5.01 Å². The molecule has 1 aromatic carbocycles. The highest BCUT2D eigenvalue weighted by molar-refractivity contribution is 9.10. The number of nitrogens with one attached hydrogen (secondary N) is 1. The molecule has 5 nitrogen and oxygen atoms in total. The Balaban J connectivity index is 1.26. The van der Waals surface area contributed by atoms with E-state index in [1.807, 2.05) is 23.6 Å². The van der Waals surface area contributed by atoms with Gasteiger partial charge in [-0.1, -0.05) is 22.0 Å². The normalized spacial score (nSPS) is 16.3. The van der Waals surface area contributed by atoms with E-state index in [9.17, 15) is 4.79 Å². The summed E-state index contributed by atoms with van der Waals surface area (Å²) in [5.41, 5.74) is 3.02. The summed E-state index contributed by atoms with van der Waals surface area (Å²) < 4.78 is 1.09. The Morgan fingerprint density at radius 2 is 2.25 bits per heavy atom. The second-order valence-corrected chi connectivity index (χ2v) is 8.72. The molecular weight excluding hydrogens is 436 g/mol. The average Bonchev–Trinajstić information content (AvgIpc) is 3.37. The SMILES string of the molecule is O=C(Cc1csc(-c2cccnc2)n1)NCC1CCN(c2cccc(Br)c2)C1. The fourth-order valence-electron chi connectivity index (χ4n) is 3.40. The van der Waals surface area contributed by atoms with Crippen molar-refractivity contribution < 1.29 is 4.79 Å². The summed E-state index contributed by atoms with van der Waals surface area (Å²) >= 11 is 5.08. The molecule has 0 saturated carbocycles. The highest BCUT2D eigenvalue weighted by Gasteiger charge is 2.23. The molecule has 1 aliphatic heterocycles. The minimum Gasteiger partial charge on any atom is -0.371 e. The fraction of sp³-hybridized carbons (Fsp3) is 0.286. The van der Waals surface area contributed by atoms with Crippen molar-refractivity contribution in [2.45, 2.75) is 12.8 Å². The molecule has 3 heterocycles. The van der Waals surface area contributed by atoms with Crippen LogP contribution in [-0.4, -0.2) is 35.5 Å². The van der Waals surface area contributed by atoms with Crippen LogP contribution in [-0.2, 0) is 11.2 Å². The molecule has 1 N–H and O–H groups in total. The van der Waals surface area contributed by atoms with Crippen molar-refractivity contribution in [1.29, 1.82) is 0 Å². The van der Waals surface area contributed by atoms with Crippen LogP contribution in [0.25, 0.3) is 10.6 Å². The van der Waals surface area contributed by atoms with E-state index in [4.69, 9.17) is 0 Å². The Hall–Kier alpha value is -2.25. The Bertz CT molecular complexity index is 946. The predicted octanol–water partition coefficient (Wildman–Crippen LogP) is 4.15. The van der Waals surface area contributed by atoms with E-state index in [1.165, 1.54) is 5.69 Å². The lowest BCUT2D eigenvalue weighted by Gasteiger charge is -2.19. The number of pyridine rings is 1. The van der Waals surface area contributed by atoms with Crippen LogP contribution in [0.5, 0.6) is 0 Å². The van der Waals surface area contributed by atoms with Crippen molar-refractivity contribution >= 4 is 38.9 Å². The van der Waals surface area contributed by atoms with Crippen LogP contribution in [0, 0.1) is 5.92 Å². The number of carbonyl (C=O) groups excluding carboxylic acids is 1. The first-order valence-corrected chi connectivity index (χ1v) is 11.0. The first kappa shape index (κ1) is 19.1. The molecule has 0 bridgehead atoms. The second-order valence-electron chi connectivity index (χ2n) is 6.95. The molecule has 1 fully saturated rings. The maximum absolute atomic E-state index is 12.3. The van der Waals surface area contributed by atoms with Crippen LogP contribution in [0.15, 0.2) is 58.6 Å². The number of benzene rings is 1. The van der Waals surface area contributed by atoms with Crippen LogP contribution in [0.1, 0.15) is 12.1 Å². The number of halogens is 1. The maximum atomic E-state index is 12.3. The molecule has 7 heteroatoms. The molecular formula is C21H21BrN4OS. The zero-order valence-corrected chi connectivity index (χ0v) is 17.7.